The van der Waals surface area contributed by atoms with Gasteiger partial charge in [0.1, 0.15) is 0 Å². The highest BCUT2D eigenvalue weighted by atomic mass is 16.5. The summed E-state index contributed by atoms with van der Waals surface area (Å²) < 4.78 is 5.53. The maximum atomic E-state index is 5.53. The molecule has 1 aliphatic rings. The largest absolute Gasteiger partial charge is 0.461 e. The third-order valence-electron chi connectivity index (χ3n) is 2.91. The lowest BCUT2D eigenvalue weighted by molar-refractivity contribution is 0.222. The molecule has 3 N–H and O–H groups in total. The van der Waals surface area contributed by atoms with Gasteiger partial charge >= 0.3 is 6.01 Å². The van der Waals surface area contributed by atoms with Crippen molar-refractivity contribution in [2.24, 2.45) is 11.8 Å². The summed E-state index contributed by atoms with van der Waals surface area (Å²) in [5, 5.41) is 0. The van der Waals surface area contributed by atoms with E-state index in [9.17, 15) is 0 Å². The van der Waals surface area contributed by atoms with Crippen LogP contribution in [0.3, 0.4) is 0 Å². The average molecular weight is 266 g/mol. The molecule has 1 saturated carbocycles. The molecule has 7 heteroatoms. The van der Waals surface area contributed by atoms with Crippen LogP contribution in [0, 0.1) is 5.92 Å². The summed E-state index contributed by atoms with van der Waals surface area (Å²) >= 11 is 0. The Kier molecular flexibility index (Phi) is 4.36. The minimum Gasteiger partial charge on any atom is -0.461 e. The van der Waals surface area contributed by atoms with Crippen LogP contribution in [0.5, 0.6) is 6.01 Å². The van der Waals surface area contributed by atoms with Gasteiger partial charge in [-0.15, -0.1) is 0 Å². The van der Waals surface area contributed by atoms with Crippen molar-refractivity contribution < 1.29 is 4.74 Å². The van der Waals surface area contributed by atoms with Crippen molar-refractivity contribution in [2.75, 3.05) is 23.4 Å². The SMILES string of the molecule is CCN(CC1CC1)c1nc(NN)nc(OC(C)C)n1. The Morgan fingerprint density at radius 1 is 1.37 bits per heavy atom. The van der Waals surface area contributed by atoms with Gasteiger partial charge in [0.25, 0.3) is 0 Å². The molecular formula is C12H22N6O. The van der Waals surface area contributed by atoms with Crippen LogP contribution < -0.4 is 20.9 Å². The zero-order chi connectivity index (χ0) is 13.8. The summed E-state index contributed by atoms with van der Waals surface area (Å²) in [6.07, 6.45) is 2.59. The van der Waals surface area contributed by atoms with Crippen LogP contribution in [-0.4, -0.2) is 34.1 Å². The van der Waals surface area contributed by atoms with Gasteiger partial charge in [0.05, 0.1) is 6.10 Å². The topological polar surface area (TPSA) is 89.2 Å². The van der Waals surface area contributed by atoms with Crippen molar-refractivity contribution in [3.8, 4) is 6.01 Å². The van der Waals surface area contributed by atoms with Gasteiger partial charge in [-0.05, 0) is 39.5 Å². The van der Waals surface area contributed by atoms with E-state index < -0.39 is 0 Å². The van der Waals surface area contributed by atoms with Crippen molar-refractivity contribution in [2.45, 2.75) is 39.7 Å². The fourth-order valence-electron chi connectivity index (χ4n) is 1.78. The van der Waals surface area contributed by atoms with Gasteiger partial charge < -0.3 is 9.64 Å². The lowest BCUT2D eigenvalue weighted by Gasteiger charge is -2.21. The monoisotopic (exact) mass is 266 g/mol. The van der Waals surface area contributed by atoms with E-state index in [0.29, 0.717) is 17.9 Å². The van der Waals surface area contributed by atoms with E-state index in [-0.39, 0.29) is 6.10 Å². The molecule has 7 nitrogen and oxygen atoms in total. The van der Waals surface area contributed by atoms with E-state index in [4.69, 9.17) is 10.6 Å². The lowest BCUT2D eigenvalue weighted by atomic mass is 10.4. The predicted octanol–water partition coefficient (Wildman–Crippen LogP) is 1.18. The molecule has 0 unspecified atom stereocenters. The first-order chi connectivity index (χ1) is 9.12. The van der Waals surface area contributed by atoms with Crippen molar-refractivity contribution in [1.82, 2.24) is 15.0 Å². The molecule has 1 heterocycles. The number of nitrogens with two attached hydrogens (primary N) is 1. The smallest absolute Gasteiger partial charge is 0.323 e. The first-order valence-corrected chi connectivity index (χ1v) is 6.76. The predicted molar refractivity (Wildman–Crippen MR) is 74.0 cm³/mol. The summed E-state index contributed by atoms with van der Waals surface area (Å²) in [6, 6.07) is 0.308. The Balaban J connectivity index is 2.20. The van der Waals surface area contributed by atoms with Crippen LogP contribution in [0.25, 0.3) is 0 Å². The molecule has 0 aromatic carbocycles. The first-order valence-electron chi connectivity index (χ1n) is 6.76. The van der Waals surface area contributed by atoms with Gasteiger partial charge in [0.2, 0.25) is 11.9 Å². The van der Waals surface area contributed by atoms with E-state index in [1.165, 1.54) is 12.8 Å². The van der Waals surface area contributed by atoms with Gasteiger partial charge in [-0.2, -0.15) is 15.0 Å². The fourth-order valence-corrected chi connectivity index (χ4v) is 1.78. The molecule has 19 heavy (non-hydrogen) atoms. The second kappa shape index (κ2) is 6.01. The molecule has 0 aliphatic heterocycles. The number of nitrogens with zero attached hydrogens (tertiary/aromatic N) is 4. The Morgan fingerprint density at radius 3 is 2.63 bits per heavy atom. The standard InChI is InChI=1S/C12H22N6O/c1-4-18(7-9-5-6-9)11-14-10(17-13)15-12(16-11)19-8(2)3/h8-9H,4-7,13H2,1-3H3,(H,14,15,16,17). The number of hydrazine groups is 1. The van der Waals surface area contributed by atoms with Crippen molar-refractivity contribution in [3.05, 3.63) is 0 Å². The number of aromatic nitrogens is 3. The molecule has 0 bridgehead atoms. The molecule has 0 amide bonds. The number of ether oxygens (including phenoxy) is 1. The third kappa shape index (κ3) is 3.92. The Bertz CT molecular complexity index is 421. The maximum Gasteiger partial charge on any atom is 0.323 e. The minimum atomic E-state index is 0.0133. The quantitative estimate of drug-likeness (QED) is 0.565. The van der Waals surface area contributed by atoms with Crippen molar-refractivity contribution >= 4 is 11.9 Å². The van der Waals surface area contributed by atoms with Gasteiger partial charge in [-0.1, -0.05) is 0 Å². The molecule has 0 spiro atoms. The molecule has 1 aromatic heterocycles. The Morgan fingerprint density at radius 2 is 2.11 bits per heavy atom. The van der Waals surface area contributed by atoms with E-state index >= 15 is 0 Å². The average Bonchev–Trinajstić information content (AvgIpc) is 3.18. The summed E-state index contributed by atoms with van der Waals surface area (Å²) in [7, 11) is 0. The zero-order valence-corrected chi connectivity index (χ0v) is 11.8. The molecule has 0 atom stereocenters. The molecule has 1 aromatic rings. The highest BCUT2D eigenvalue weighted by molar-refractivity contribution is 5.37. The molecule has 2 rings (SSSR count). The van der Waals surface area contributed by atoms with Crippen LogP contribution >= 0.6 is 0 Å². The fraction of sp³-hybridized carbons (Fsp3) is 0.750. The molecular weight excluding hydrogens is 244 g/mol. The van der Waals surface area contributed by atoms with Gasteiger partial charge in [0.15, 0.2) is 0 Å². The van der Waals surface area contributed by atoms with Gasteiger partial charge in [-0.3, -0.25) is 5.43 Å². The maximum absolute atomic E-state index is 5.53. The molecule has 1 aliphatic carbocycles. The molecule has 106 valence electrons. The van der Waals surface area contributed by atoms with Crippen LogP contribution in [0.4, 0.5) is 11.9 Å². The number of hydrogen-bond donors (Lipinski definition) is 2. The van der Waals surface area contributed by atoms with Crippen LogP contribution in [-0.2, 0) is 0 Å². The number of anilines is 2. The normalized spacial score (nSPS) is 14.6. The van der Waals surface area contributed by atoms with Crippen molar-refractivity contribution in [3.63, 3.8) is 0 Å². The van der Waals surface area contributed by atoms with Gasteiger partial charge in [-0.25, -0.2) is 5.84 Å². The van der Waals surface area contributed by atoms with Crippen LogP contribution in [0.15, 0.2) is 0 Å². The summed E-state index contributed by atoms with van der Waals surface area (Å²) in [6.45, 7) is 7.78. The second-order valence-electron chi connectivity index (χ2n) is 5.03. The minimum absolute atomic E-state index is 0.0133. The molecule has 1 fully saturated rings. The Labute approximate surface area is 113 Å². The van der Waals surface area contributed by atoms with Gasteiger partial charge in [0, 0.05) is 13.1 Å². The number of rotatable bonds is 7. The van der Waals surface area contributed by atoms with E-state index in [1.807, 2.05) is 13.8 Å². The Hall–Kier alpha value is -1.63. The second-order valence-corrected chi connectivity index (χ2v) is 5.03. The highest BCUT2D eigenvalue weighted by Crippen LogP contribution is 2.30. The summed E-state index contributed by atoms with van der Waals surface area (Å²) in [5.41, 5.74) is 2.46. The number of nitrogen functional groups attached to an aromatic ring is 1. The summed E-state index contributed by atoms with van der Waals surface area (Å²) in [5.74, 6) is 7.11. The first kappa shape index (κ1) is 13.8. The van der Waals surface area contributed by atoms with Crippen molar-refractivity contribution in [1.29, 1.82) is 0 Å². The van der Waals surface area contributed by atoms with E-state index in [0.717, 1.165) is 19.0 Å². The van der Waals surface area contributed by atoms with E-state index in [1.54, 1.807) is 0 Å². The van der Waals surface area contributed by atoms with E-state index in [2.05, 4.69) is 32.2 Å². The highest BCUT2D eigenvalue weighted by Gasteiger charge is 2.25. The third-order valence-corrected chi connectivity index (χ3v) is 2.91. The van der Waals surface area contributed by atoms with Crippen LogP contribution in [0.1, 0.15) is 33.6 Å². The molecule has 0 saturated heterocycles. The number of nitrogens with one attached hydrogen (secondary N) is 1. The lowest BCUT2D eigenvalue weighted by Crippen LogP contribution is -2.28. The molecule has 0 radical (unpaired) electrons. The number of hydrogen-bond acceptors (Lipinski definition) is 7. The summed E-state index contributed by atoms with van der Waals surface area (Å²) in [4.78, 5) is 14.9. The zero-order valence-electron chi connectivity index (χ0n) is 11.8. The van der Waals surface area contributed by atoms with Crippen LogP contribution in [0.2, 0.25) is 0 Å².